The fourth-order valence-corrected chi connectivity index (χ4v) is 3.81. The molecule has 6 nitrogen and oxygen atoms in total. The molecule has 0 radical (unpaired) electrons. The van der Waals surface area contributed by atoms with Gasteiger partial charge in [0, 0.05) is 6.54 Å². The van der Waals surface area contributed by atoms with E-state index in [9.17, 15) is 13.2 Å². The molecule has 166 valence electrons. The zero-order valence-corrected chi connectivity index (χ0v) is 18.7. The molecule has 0 aliphatic heterocycles. The maximum absolute atomic E-state index is 12.2. The van der Waals surface area contributed by atoms with E-state index in [0.29, 0.717) is 0 Å². The first-order valence-corrected chi connectivity index (χ1v) is 12.4. The van der Waals surface area contributed by atoms with Crippen molar-refractivity contribution in [3.63, 3.8) is 0 Å². The first kappa shape index (κ1) is 25.4. The minimum atomic E-state index is -4.01. The van der Waals surface area contributed by atoms with E-state index in [0.717, 1.165) is 30.4 Å². The van der Waals surface area contributed by atoms with E-state index in [1.165, 1.54) is 38.5 Å². The van der Waals surface area contributed by atoms with E-state index in [4.69, 9.17) is 9.29 Å². The van der Waals surface area contributed by atoms with Crippen molar-refractivity contribution in [2.45, 2.75) is 84.2 Å². The third-order valence-electron chi connectivity index (χ3n) is 4.95. The molecule has 29 heavy (non-hydrogen) atoms. The summed E-state index contributed by atoms with van der Waals surface area (Å²) in [6, 6.07) is 7.89. The van der Waals surface area contributed by atoms with Crippen molar-refractivity contribution in [3.05, 3.63) is 35.4 Å². The van der Waals surface area contributed by atoms with Crippen molar-refractivity contribution in [2.75, 3.05) is 12.3 Å². The van der Waals surface area contributed by atoms with Crippen molar-refractivity contribution >= 4 is 16.2 Å². The smallest absolute Gasteiger partial charge is 0.407 e. The highest BCUT2D eigenvalue weighted by Crippen LogP contribution is 2.27. The average molecular weight is 428 g/mol. The molecule has 1 amide bonds. The molecule has 7 heteroatoms. The molecule has 0 saturated heterocycles. The minimum absolute atomic E-state index is 0.136. The number of aryl methyl sites for hydroxylation is 1. The van der Waals surface area contributed by atoms with Gasteiger partial charge in [0.15, 0.2) is 0 Å². The Morgan fingerprint density at radius 1 is 1.03 bits per heavy atom. The van der Waals surface area contributed by atoms with Gasteiger partial charge < -0.3 is 10.1 Å². The maximum Gasteiger partial charge on any atom is 0.407 e. The molecule has 1 unspecified atom stereocenters. The molecule has 0 aromatic heterocycles. The van der Waals surface area contributed by atoms with Gasteiger partial charge in [-0.3, -0.25) is 4.55 Å². The van der Waals surface area contributed by atoms with Gasteiger partial charge in [-0.05, 0) is 37.3 Å². The van der Waals surface area contributed by atoms with Crippen molar-refractivity contribution in [1.82, 2.24) is 5.32 Å². The highest BCUT2D eigenvalue weighted by atomic mass is 32.2. The topological polar surface area (TPSA) is 92.7 Å². The largest absolute Gasteiger partial charge is 0.441 e. The number of hydrogen-bond acceptors (Lipinski definition) is 4. The second kappa shape index (κ2) is 14.4. The average Bonchev–Trinajstić information content (AvgIpc) is 2.66. The summed E-state index contributed by atoms with van der Waals surface area (Å²) >= 11 is 0. The third-order valence-corrected chi connectivity index (χ3v) is 5.76. The van der Waals surface area contributed by atoms with Crippen molar-refractivity contribution in [2.24, 2.45) is 0 Å². The molecule has 0 heterocycles. The number of carbonyl (C=O) groups excluding carboxylic acids is 1. The predicted octanol–water partition coefficient (Wildman–Crippen LogP) is 5.57. The second-order valence-corrected chi connectivity index (χ2v) is 9.15. The van der Waals surface area contributed by atoms with E-state index in [-0.39, 0.29) is 24.8 Å². The lowest BCUT2D eigenvalue weighted by Crippen LogP contribution is -2.28. The van der Waals surface area contributed by atoms with Gasteiger partial charge in [-0.1, -0.05) is 76.1 Å². The van der Waals surface area contributed by atoms with Crippen LogP contribution in [0.1, 0.15) is 88.4 Å². The molecule has 1 aromatic carbocycles. The number of alkyl carbamates (subject to hydrolysis) is 1. The number of ether oxygens (including phenoxy) is 1. The SMILES string of the molecule is CCCCCCCCCCC(OC(=O)NCCCS(=O)(=O)O)c1ccccc1C. The van der Waals surface area contributed by atoms with E-state index >= 15 is 0 Å². The number of carbonyl (C=O) groups is 1. The van der Waals surface area contributed by atoms with E-state index in [2.05, 4.69) is 12.2 Å². The Balaban J connectivity index is 2.46. The number of unbranched alkanes of at least 4 members (excludes halogenated alkanes) is 7. The van der Waals surface area contributed by atoms with Crippen LogP contribution in [0.25, 0.3) is 0 Å². The Bertz CT molecular complexity index is 690. The summed E-state index contributed by atoms with van der Waals surface area (Å²) in [6.07, 6.45) is 9.74. The van der Waals surface area contributed by atoms with Crippen molar-refractivity contribution < 1.29 is 22.5 Å². The lowest BCUT2D eigenvalue weighted by atomic mass is 9.98. The standard InChI is InChI=1S/C22H37NO5S/c1-3-4-5-6-7-8-9-10-16-21(20-15-12-11-14-19(20)2)28-22(24)23-17-13-18-29(25,26)27/h11-12,14-15,21H,3-10,13,16-18H2,1-2H3,(H,23,24)(H,25,26,27). The number of hydrogen-bond donors (Lipinski definition) is 2. The Morgan fingerprint density at radius 3 is 2.28 bits per heavy atom. The second-order valence-electron chi connectivity index (χ2n) is 7.58. The van der Waals surface area contributed by atoms with Crippen LogP contribution in [0.5, 0.6) is 0 Å². The summed E-state index contributed by atoms with van der Waals surface area (Å²) < 4.78 is 35.8. The molecule has 0 bridgehead atoms. The van der Waals surface area contributed by atoms with Gasteiger partial charge in [-0.25, -0.2) is 4.79 Å². The first-order valence-electron chi connectivity index (χ1n) is 10.8. The third kappa shape index (κ3) is 12.5. The summed E-state index contributed by atoms with van der Waals surface area (Å²) in [5.41, 5.74) is 2.08. The zero-order chi connectivity index (χ0) is 21.5. The number of benzene rings is 1. The van der Waals surface area contributed by atoms with Gasteiger partial charge in [0.05, 0.1) is 5.75 Å². The molecule has 1 atom stereocenters. The van der Waals surface area contributed by atoms with Crippen LogP contribution in [-0.4, -0.2) is 31.4 Å². The summed E-state index contributed by atoms with van der Waals surface area (Å²) in [5, 5.41) is 2.57. The molecule has 0 spiro atoms. The summed E-state index contributed by atoms with van der Waals surface area (Å²) in [7, 11) is -4.01. The lowest BCUT2D eigenvalue weighted by molar-refractivity contribution is 0.0905. The van der Waals surface area contributed by atoms with Crippen LogP contribution >= 0.6 is 0 Å². The van der Waals surface area contributed by atoms with Crippen LogP contribution in [-0.2, 0) is 14.9 Å². The quantitative estimate of drug-likeness (QED) is 0.282. The van der Waals surface area contributed by atoms with Gasteiger partial charge in [0.25, 0.3) is 10.1 Å². The van der Waals surface area contributed by atoms with Gasteiger partial charge >= 0.3 is 6.09 Å². The lowest BCUT2D eigenvalue weighted by Gasteiger charge is -2.20. The van der Waals surface area contributed by atoms with Crippen molar-refractivity contribution in [3.8, 4) is 0 Å². The van der Waals surface area contributed by atoms with E-state index in [1.807, 2.05) is 31.2 Å². The summed E-state index contributed by atoms with van der Waals surface area (Å²) in [6.45, 7) is 4.36. The molecular formula is C22H37NO5S. The zero-order valence-electron chi connectivity index (χ0n) is 17.9. The van der Waals surface area contributed by atoms with Crippen LogP contribution < -0.4 is 5.32 Å². The Kier molecular flexibility index (Phi) is 12.6. The fourth-order valence-electron chi connectivity index (χ4n) is 3.31. The molecule has 0 aliphatic carbocycles. The number of nitrogens with one attached hydrogen (secondary N) is 1. The molecule has 1 rings (SSSR count). The number of amides is 1. The molecule has 2 N–H and O–H groups in total. The molecule has 0 aliphatic rings. The highest BCUT2D eigenvalue weighted by molar-refractivity contribution is 7.85. The molecule has 0 fully saturated rings. The van der Waals surface area contributed by atoms with Crippen molar-refractivity contribution in [1.29, 1.82) is 0 Å². The van der Waals surface area contributed by atoms with Crippen LogP contribution in [0, 0.1) is 6.92 Å². The Hall–Kier alpha value is -1.60. The van der Waals surface area contributed by atoms with E-state index in [1.54, 1.807) is 0 Å². The Morgan fingerprint density at radius 2 is 1.66 bits per heavy atom. The van der Waals surface area contributed by atoms with Gasteiger partial charge in [-0.2, -0.15) is 8.42 Å². The van der Waals surface area contributed by atoms with Crippen LogP contribution in [0.15, 0.2) is 24.3 Å². The first-order chi connectivity index (χ1) is 13.8. The molecule has 1 aromatic rings. The molecule has 0 saturated carbocycles. The molecular weight excluding hydrogens is 390 g/mol. The monoisotopic (exact) mass is 427 g/mol. The normalized spacial score (nSPS) is 12.5. The fraction of sp³-hybridized carbons (Fsp3) is 0.682. The summed E-state index contributed by atoms with van der Waals surface area (Å²) in [4.78, 5) is 12.2. The summed E-state index contributed by atoms with van der Waals surface area (Å²) in [5.74, 6) is -0.382. The van der Waals surface area contributed by atoms with E-state index < -0.39 is 16.2 Å². The minimum Gasteiger partial charge on any atom is -0.441 e. The van der Waals surface area contributed by atoms with Gasteiger partial charge in [0.1, 0.15) is 6.10 Å². The maximum atomic E-state index is 12.2. The van der Waals surface area contributed by atoms with Crippen LogP contribution in [0.4, 0.5) is 4.79 Å². The predicted molar refractivity (Wildman–Crippen MR) is 117 cm³/mol. The van der Waals surface area contributed by atoms with Gasteiger partial charge in [0.2, 0.25) is 0 Å². The van der Waals surface area contributed by atoms with Gasteiger partial charge in [-0.15, -0.1) is 0 Å². The Labute approximate surface area is 176 Å². The number of rotatable bonds is 15. The van der Waals surface area contributed by atoms with Crippen LogP contribution in [0.2, 0.25) is 0 Å². The van der Waals surface area contributed by atoms with Crippen LogP contribution in [0.3, 0.4) is 0 Å². The highest BCUT2D eigenvalue weighted by Gasteiger charge is 2.18.